The summed E-state index contributed by atoms with van der Waals surface area (Å²) >= 11 is 0. The molecule has 34 heavy (non-hydrogen) atoms. The zero-order chi connectivity index (χ0) is 24.3. The minimum Gasteiger partial charge on any atom is -0.493 e. The van der Waals surface area contributed by atoms with Crippen molar-refractivity contribution in [2.75, 3.05) is 31.6 Å². The van der Waals surface area contributed by atoms with Crippen LogP contribution in [0.25, 0.3) is 0 Å². The molecule has 1 N–H and O–H groups in total. The average molecular weight is 467 g/mol. The van der Waals surface area contributed by atoms with E-state index in [0.29, 0.717) is 50.4 Å². The van der Waals surface area contributed by atoms with Gasteiger partial charge in [0.15, 0.2) is 11.5 Å². The Balaban J connectivity index is 1.61. The molecule has 2 aliphatic rings. The van der Waals surface area contributed by atoms with Crippen molar-refractivity contribution in [3.63, 3.8) is 0 Å². The topological polar surface area (TPSA) is 79.3 Å². The lowest BCUT2D eigenvalue weighted by Gasteiger charge is -2.47. The molecule has 1 aliphatic carbocycles. The Morgan fingerprint density at radius 2 is 1.82 bits per heavy atom. The van der Waals surface area contributed by atoms with E-state index in [-0.39, 0.29) is 18.1 Å². The van der Waals surface area contributed by atoms with Crippen LogP contribution in [0.1, 0.15) is 38.7 Å². The van der Waals surface area contributed by atoms with Crippen molar-refractivity contribution in [3.05, 3.63) is 54.1 Å². The molecule has 2 aromatic carbocycles. The van der Waals surface area contributed by atoms with Gasteiger partial charge in [0.1, 0.15) is 5.41 Å². The molecule has 1 saturated heterocycles. The zero-order valence-electron chi connectivity index (χ0n) is 20.2. The SMILES string of the molecule is COc1ccc(N2CCN(C(=O)C3(C(=O)O)CCC3)C(Cc3ccccc3)C2)cc1OC(C)C. The van der Waals surface area contributed by atoms with Gasteiger partial charge in [0.2, 0.25) is 5.91 Å². The van der Waals surface area contributed by atoms with Crippen molar-refractivity contribution in [1.82, 2.24) is 4.90 Å². The third-order valence-corrected chi connectivity index (χ3v) is 6.96. The Morgan fingerprint density at radius 1 is 1.09 bits per heavy atom. The molecule has 2 aromatic rings. The van der Waals surface area contributed by atoms with Gasteiger partial charge < -0.3 is 24.4 Å². The van der Waals surface area contributed by atoms with Crippen LogP contribution in [0.4, 0.5) is 5.69 Å². The lowest BCUT2D eigenvalue weighted by Crippen LogP contribution is -2.62. The number of carboxylic acids is 1. The summed E-state index contributed by atoms with van der Waals surface area (Å²) < 4.78 is 11.4. The van der Waals surface area contributed by atoms with Crippen molar-refractivity contribution in [2.24, 2.45) is 5.41 Å². The number of nitrogens with zero attached hydrogens (tertiary/aromatic N) is 2. The van der Waals surface area contributed by atoms with E-state index in [2.05, 4.69) is 17.0 Å². The summed E-state index contributed by atoms with van der Waals surface area (Å²) in [6.07, 6.45) is 2.32. The highest BCUT2D eigenvalue weighted by Gasteiger charge is 2.54. The molecule has 1 aliphatic heterocycles. The maximum atomic E-state index is 13.5. The molecule has 1 unspecified atom stereocenters. The van der Waals surface area contributed by atoms with E-state index in [1.165, 1.54) is 0 Å². The number of hydrogen-bond donors (Lipinski definition) is 1. The van der Waals surface area contributed by atoms with Crippen molar-refractivity contribution in [2.45, 2.75) is 51.7 Å². The number of carbonyl (C=O) groups is 2. The first-order valence-electron chi connectivity index (χ1n) is 12.0. The van der Waals surface area contributed by atoms with Crippen LogP contribution >= 0.6 is 0 Å². The Kier molecular flexibility index (Phi) is 7.00. The van der Waals surface area contributed by atoms with Gasteiger partial charge in [-0.1, -0.05) is 36.8 Å². The molecule has 182 valence electrons. The second kappa shape index (κ2) is 9.95. The summed E-state index contributed by atoms with van der Waals surface area (Å²) in [6, 6.07) is 15.8. The summed E-state index contributed by atoms with van der Waals surface area (Å²) in [4.78, 5) is 29.7. The molecule has 1 heterocycles. The first kappa shape index (κ1) is 23.9. The number of hydrogen-bond acceptors (Lipinski definition) is 5. The smallest absolute Gasteiger partial charge is 0.319 e. The molecule has 0 aromatic heterocycles. The quantitative estimate of drug-likeness (QED) is 0.593. The monoisotopic (exact) mass is 466 g/mol. The van der Waals surface area contributed by atoms with Crippen LogP contribution in [0.15, 0.2) is 48.5 Å². The number of amides is 1. The number of ether oxygens (including phenoxy) is 2. The van der Waals surface area contributed by atoms with E-state index in [4.69, 9.17) is 9.47 Å². The Morgan fingerprint density at radius 3 is 2.41 bits per heavy atom. The van der Waals surface area contributed by atoms with Gasteiger partial charge in [-0.2, -0.15) is 0 Å². The summed E-state index contributed by atoms with van der Waals surface area (Å²) in [5, 5.41) is 9.86. The maximum absolute atomic E-state index is 13.5. The Bertz CT molecular complexity index is 1020. The van der Waals surface area contributed by atoms with Crippen LogP contribution in [0, 0.1) is 5.41 Å². The number of methoxy groups -OCH3 is 1. The highest BCUT2D eigenvalue weighted by Crippen LogP contribution is 2.44. The van der Waals surface area contributed by atoms with Gasteiger partial charge in [0.25, 0.3) is 0 Å². The molecule has 4 rings (SSSR count). The fourth-order valence-electron chi connectivity index (χ4n) is 4.95. The average Bonchev–Trinajstić information content (AvgIpc) is 2.78. The summed E-state index contributed by atoms with van der Waals surface area (Å²) in [5.41, 5.74) is 0.872. The molecule has 0 spiro atoms. The standard InChI is InChI=1S/C27H34N2O5/c1-19(2)34-24-17-21(10-11-23(24)33-3)28-14-15-29(25(30)27(26(31)32)12-7-13-27)22(18-28)16-20-8-5-4-6-9-20/h4-6,8-11,17,19,22H,7,12-16,18H2,1-3H3,(H,31,32). The second-order valence-electron chi connectivity index (χ2n) is 9.53. The lowest BCUT2D eigenvalue weighted by atomic mass is 9.67. The van der Waals surface area contributed by atoms with Crippen LogP contribution in [-0.2, 0) is 16.0 Å². The van der Waals surface area contributed by atoms with E-state index in [0.717, 1.165) is 17.7 Å². The Labute approximate surface area is 201 Å². The van der Waals surface area contributed by atoms with E-state index in [9.17, 15) is 14.7 Å². The van der Waals surface area contributed by atoms with E-state index < -0.39 is 11.4 Å². The minimum atomic E-state index is -1.25. The second-order valence-corrected chi connectivity index (χ2v) is 9.53. The van der Waals surface area contributed by atoms with Crippen LogP contribution < -0.4 is 14.4 Å². The summed E-state index contributed by atoms with van der Waals surface area (Å²) in [6.45, 7) is 5.68. The molecule has 0 radical (unpaired) electrons. The van der Waals surface area contributed by atoms with Crippen LogP contribution in [0.2, 0.25) is 0 Å². The predicted molar refractivity (Wildman–Crippen MR) is 131 cm³/mol. The van der Waals surface area contributed by atoms with Gasteiger partial charge in [-0.15, -0.1) is 0 Å². The first-order chi connectivity index (χ1) is 16.3. The van der Waals surface area contributed by atoms with Gasteiger partial charge in [0.05, 0.1) is 19.3 Å². The Hall–Kier alpha value is -3.22. The molecule has 0 bridgehead atoms. The van der Waals surface area contributed by atoms with E-state index >= 15 is 0 Å². The summed E-state index contributed by atoms with van der Waals surface area (Å²) in [5.74, 6) is 0.147. The molecule has 7 heteroatoms. The van der Waals surface area contributed by atoms with E-state index in [1.807, 2.05) is 55.1 Å². The van der Waals surface area contributed by atoms with Crippen molar-refractivity contribution >= 4 is 17.6 Å². The molecular weight excluding hydrogens is 432 g/mol. The highest BCUT2D eigenvalue weighted by atomic mass is 16.5. The molecule has 2 fully saturated rings. The molecular formula is C27H34N2O5. The number of rotatable bonds is 8. The van der Waals surface area contributed by atoms with Gasteiger partial charge in [-0.05, 0) is 50.8 Å². The minimum absolute atomic E-state index is 0.0131. The van der Waals surface area contributed by atoms with Crippen LogP contribution in [-0.4, -0.2) is 60.8 Å². The van der Waals surface area contributed by atoms with Gasteiger partial charge >= 0.3 is 5.97 Å². The van der Waals surface area contributed by atoms with Crippen LogP contribution in [0.5, 0.6) is 11.5 Å². The third kappa shape index (κ3) is 4.69. The van der Waals surface area contributed by atoms with Crippen molar-refractivity contribution < 1.29 is 24.2 Å². The first-order valence-corrected chi connectivity index (χ1v) is 12.0. The number of benzene rings is 2. The normalized spacial score (nSPS) is 19.5. The van der Waals surface area contributed by atoms with Crippen LogP contribution in [0.3, 0.4) is 0 Å². The maximum Gasteiger partial charge on any atom is 0.319 e. The summed E-state index contributed by atoms with van der Waals surface area (Å²) in [7, 11) is 1.63. The number of piperazine rings is 1. The predicted octanol–water partition coefficient (Wildman–Crippen LogP) is 4.00. The highest BCUT2D eigenvalue weighted by molar-refractivity contribution is 6.03. The largest absolute Gasteiger partial charge is 0.493 e. The number of aliphatic carboxylic acids is 1. The number of carbonyl (C=O) groups excluding carboxylic acids is 1. The number of carboxylic acid groups (broad SMARTS) is 1. The molecule has 1 amide bonds. The zero-order valence-corrected chi connectivity index (χ0v) is 20.2. The third-order valence-electron chi connectivity index (χ3n) is 6.96. The van der Waals surface area contributed by atoms with E-state index in [1.54, 1.807) is 7.11 Å². The van der Waals surface area contributed by atoms with Crippen molar-refractivity contribution in [3.8, 4) is 11.5 Å². The fraction of sp³-hybridized carbons (Fsp3) is 0.481. The number of anilines is 1. The molecule has 1 atom stereocenters. The van der Waals surface area contributed by atoms with Gasteiger partial charge in [-0.25, -0.2) is 0 Å². The van der Waals surface area contributed by atoms with Gasteiger partial charge in [0, 0.05) is 31.4 Å². The van der Waals surface area contributed by atoms with Gasteiger partial charge in [-0.3, -0.25) is 9.59 Å². The lowest BCUT2D eigenvalue weighted by molar-refractivity contribution is -0.169. The van der Waals surface area contributed by atoms with Crippen molar-refractivity contribution in [1.29, 1.82) is 0 Å². The fourth-order valence-corrected chi connectivity index (χ4v) is 4.95. The molecule has 7 nitrogen and oxygen atoms in total. The molecule has 1 saturated carbocycles.